The maximum Gasteiger partial charge on any atom is 0.219 e. The largest absolute Gasteiger partial charge is 0.370 e. The smallest absolute Gasteiger partial charge is 0.219 e. The molecule has 6 nitrogen and oxygen atoms in total. The van der Waals surface area contributed by atoms with Crippen LogP contribution in [0, 0.1) is 0 Å². The molecule has 0 saturated heterocycles. The molecular weight excluding hydrogens is 274 g/mol. The Morgan fingerprint density at radius 1 is 1.35 bits per heavy atom. The molecule has 106 valence electrons. The van der Waals surface area contributed by atoms with Gasteiger partial charge in [0.25, 0.3) is 0 Å². The summed E-state index contributed by atoms with van der Waals surface area (Å²) in [5.74, 6) is 1.43. The highest BCUT2D eigenvalue weighted by Crippen LogP contribution is 2.19. The summed E-state index contributed by atoms with van der Waals surface area (Å²) < 4.78 is 1.88. The molecule has 0 bridgehead atoms. The van der Waals surface area contributed by atoms with Crippen LogP contribution < -0.4 is 5.73 Å². The second-order valence-electron chi connectivity index (χ2n) is 4.26. The SMILES string of the molecule is CCCSc1ncc(-c2nccn2CCC(N)=O)cn1. The van der Waals surface area contributed by atoms with E-state index in [1.165, 1.54) is 0 Å². The van der Waals surface area contributed by atoms with Gasteiger partial charge in [-0.15, -0.1) is 0 Å². The minimum absolute atomic E-state index is 0.286. The molecule has 0 radical (unpaired) electrons. The van der Waals surface area contributed by atoms with Gasteiger partial charge in [-0.1, -0.05) is 18.7 Å². The highest BCUT2D eigenvalue weighted by atomic mass is 32.2. The second-order valence-corrected chi connectivity index (χ2v) is 5.33. The van der Waals surface area contributed by atoms with Crippen molar-refractivity contribution in [2.75, 3.05) is 5.75 Å². The van der Waals surface area contributed by atoms with E-state index in [1.807, 2.05) is 10.8 Å². The van der Waals surface area contributed by atoms with E-state index in [9.17, 15) is 4.79 Å². The lowest BCUT2D eigenvalue weighted by Gasteiger charge is -2.06. The first kappa shape index (κ1) is 14.5. The Bertz CT molecular complexity index is 566. The van der Waals surface area contributed by atoms with Gasteiger partial charge in [0.05, 0.1) is 5.56 Å². The third-order valence-electron chi connectivity index (χ3n) is 2.64. The Morgan fingerprint density at radius 2 is 2.10 bits per heavy atom. The number of amides is 1. The van der Waals surface area contributed by atoms with Gasteiger partial charge in [0.2, 0.25) is 5.91 Å². The predicted octanol–water partition coefficient (Wildman–Crippen LogP) is 1.72. The highest BCUT2D eigenvalue weighted by Gasteiger charge is 2.08. The first-order valence-electron chi connectivity index (χ1n) is 6.45. The van der Waals surface area contributed by atoms with Gasteiger partial charge < -0.3 is 10.3 Å². The summed E-state index contributed by atoms with van der Waals surface area (Å²) in [7, 11) is 0. The Kier molecular flexibility index (Phi) is 5.11. The molecule has 0 spiro atoms. The molecule has 2 rings (SSSR count). The monoisotopic (exact) mass is 291 g/mol. The fraction of sp³-hybridized carbons (Fsp3) is 0.385. The van der Waals surface area contributed by atoms with Gasteiger partial charge in [0, 0.05) is 43.5 Å². The van der Waals surface area contributed by atoms with Crippen molar-refractivity contribution in [3.05, 3.63) is 24.8 Å². The number of hydrogen-bond acceptors (Lipinski definition) is 5. The lowest BCUT2D eigenvalue weighted by molar-refractivity contribution is -0.118. The Balaban J connectivity index is 2.11. The first-order valence-corrected chi connectivity index (χ1v) is 7.44. The molecule has 2 heterocycles. The van der Waals surface area contributed by atoms with Gasteiger partial charge >= 0.3 is 0 Å². The minimum atomic E-state index is -0.327. The average molecular weight is 291 g/mol. The summed E-state index contributed by atoms with van der Waals surface area (Å²) in [6.07, 6.45) is 8.40. The van der Waals surface area contributed by atoms with Gasteiger partial charge in [-0.25, -0.2) is 15.0 Å². The fourth-order valence-electron chi connectivity index (χ4n) is 1.68. The van der Waals surface area contributed by atoms with Crippen LogP contribution in [0.1, 0.15) is 19.8 Å². The molecule has 0 aliphatic carbocycles. The van der Waals surface area contributed by atoms with Crippen LogP contribution in [0.4, 0.5) is 0 Å². The van der Waals surface area contributed by atoms with Crippen LogP contribution in [0.2, 0.25) is 0 Å². The molecule has 0 aliphatic rings. The molecule has 1 amide bonds. The number of thioether (sulfide) groups is 1. The van der Waals surface area contributed by atoms with Gasteiger partial charge in [-0.2, -0.15) is 0 Å². The Morgan fingerprint density at radius 3 is 2.75 bits per heavy atom. The van der Waals surface area contributed by atoms with Crippen LogP contribution in [0.3, 0.4) is 0 Å². The van der Waals surface area contributed by atoms with Crippen molar-refractivity contribution in [2.45, 2.75) is 31.5 Å². The second kappa shape index (κ2) is 7.04. The van der Waals surface area contributed by atoms with Crippen molar-refractivity contribution in [3.63, 3.8) is 0 Å². The van der Waals surface area contributed by atoms with Gasteiger partial charge in [-0.05, 0) is 6.42 Å². The van der Waals surface area contributed by atoms with Crippen molar-refractivity contribution >= 4 is 17.7 Å². The highest BCUT2D eigenvalue weighted by molar-refractivity contribution is 7.99. The standard InChI is InChI=1S/C13H17N5OS/c1-2-7-20-13-16-8-10(9-17-13)12-15-4-6-18(12)5-3-11(14)19/h4,6,8-9H,2-3,5,7H2,1H3,(H2,14,19). The Labute approximate surface area is 121 Å². The number of nitrogens with zero attached hydrogens (tertiary/aromatic N) is 4. The van der Waals surface area contributed by atoms with E-state index in [4.69, 9.17) is 5.73 Å². The van der Waals surface area contributed by atoms with Crippen LogP contribution in [0.5, 0.6) is 0 Å². The van der Waals surface area contributed by atoms with Gasteiger partial charge in [-0.3, -0.25) is 4.79 Å². The summed E-state index contributed by atoms with van der Waals surface area (Å²) >= 11 is 1.63. The third-order valence-corrected chi connectivity index (χ3v) is 3.72. The van der Waals surface area contributed by atoms with Crippen LogP contribution in [-0.2, 0) is 11.3 Å². The van der Waals surface area contributed by atoms with Crippen molar-refractivity contribution in [1.29, 1.82) is 0 Å². The quantitative estimate of drug-likeness (QED) is 0.620. The number of aryl methyl sites for hydroxylation is 1. The maximum absolute atomic E-state index is 10.8. The van der Waals surface area contributed by atoms with Crippen molar-refractivity contribution in [3.8, 4) is 11.4 Å². The summed E-state index contributed by atoms with van der Waals surface area (Å²) in [6.45, 7) is 2.63. The zero-order valence-corrected chi connectivity index (χ0v) is 12.1. The topological polar surface area (TPSA) is 86.7 Å². The van der Waals surface area contributed by atoms with Crippen LogP contribution in [0.25, 0.3) is 11.4 Å². The van der Waals surface area contributed by atoms with E-state index in [0.717, 1.165) is 28.7 Å². The number of primary amides is 1. The number of carbonyl (C=O) groups excluding carboxylic acids is 1. The molecule has 2 aromatic rings. The normalized spacial score (nSPS) is 10.7. The van der Waals surface area contributed by atoms with E-state index in [-0.39, 0.29) is 12.3 Å². The lowest BCUT2D eigenvalue weighted by Crippen LogP contribution is -2.14. The van der Waals surface area contributed by atoms with Crippen molar-refractivity contribution in [1.82, 2.24) is 19.5 Å². The van der Waals surface area contributed by atoms with Crippen LogP contribution >= 0.6 is 11.8 Å². The molecule has 20 heavy (non-hydrogen) atoms. The predicted molar refractivity (Wildman–Crippen MR) is 78.1 cm³/mol. The minimum Gasteiger partial charge on any atom is -0.370 e. The molecule has 0 fully saturated rings. The summed E-state index contributed by atoms with van der Waals surface area (Å²) in [5, 5.41) is 0.769. The Hall–Kier alpha value is -1.89. The van der Waals surface area contributed by atoms with Gasteiger partial charge in [0.15, 0.2) is 5.16 Å². The van der Waals surface area contributed by atoms with Crippen LogP contribution in [-0.4, -0.2) is 31.2 Å². The zero-order chi connectivity index (χ0) is 14.4. The zero-order valence-electron chi connectivity index (χ0n) is 11.3. The lowest BCUT2D eigenvalue weighted by atomic mass is 10.3. The fourth-order valence-corrected chi connectivity index (χ4v) is 2.32. The van der Waals surface area contributed by atoms with Crippen molar-refractivity contribution in [2.24, 2.45) is 5.73 Å². The molecule has 2 aromatic heterocycles. The van der Waals surface area contributed by atoms with Crippen molar-refractivity contribution < 1.29 is 4.79 Å². The molecule has 0 saturated carbocycles. The number of nitrogens with two attached hydrogens (primary N) is 1. The number of aromatic nitrogens is 4. The molecule has 7 heteroatoms. The molecule has 0 unspecified atom stereocenters. The molecule has 2 N–H and O–H groups in total. The number of rotatable bonds is 7. The number of hydrogen-bond donors (Lipinski definition) is 1. The summed E-state index contributed by atoms with van der Waals surface area (Å²) in [4.78, 5) is 23.8. The number of imidazole rings is 1. The summed E-state index contributed by atoms with van der Waals surface area (Å²) in [6, 6.07) is 0. The maximum atomic E-state index is 10.8. The van der Waals surface area contributed by atoms with E-state index < -0.39 is 0 Å². The average Bonchev–Trinajstić information content (AvgIpc) is 2.92. The molecule has 0 aromatic carbocycles. The first-order chi connectivity index (χ1) is 9.70. The molecular formula is C13H17N5OS. The molecule has 0 atom stereocenters. The van der Waals surface area contributed by atoms with Gasteiger partial charge in [0.1, 0.15) is 5.82 Å². The van der Waals surface area contributed by atoms with E-state index in [2.05, 4.69) is 21.9 Å². The number of carbonyl (C=O) groups is 1. The van der Waals surface area contributed by atoms with Crippen LogP contribution in [0.15, 0.2) is 29.9 Å². The van der Waals surface area contributed by atoms with E-state index in [0.29, 0.717) is 6.54 Å². The van der Waals surface area contributed by atoms with E-state index >= 15 is 0 Å². The summed E-state index contributed by atoms with van der Waals surface area (Å²) in [5.41, 5.74) is 6.00. The van der Waals surface area contributed by atoms with E-state index in [1.54, 1.807) is 30.4 Å². The third kappa shape index (κ3) is 3.80. The molecule has 0 aliphatic heterocycles.